The minimum Gasteiger partial charge on any atom is -0.396 e. The molecule has 0 aromatic heterocycles. The molecule has 0 spiro atoms. The van der Waals surface area contributed by atoms with Gasteiger partial charge in [-0.1, -0.05) is 15.9 Å². The van der Waals surface area contributed by atoms with Crippen LogP contribution in [0.1, 0.15) is 12.0 Å². The van der Waals surface area contributed by atoms with E-state index in [0.29, 0.717) is 12.3 Å². The molecule has 1 aromatic rings. The molecule has 1 aromatic carbocycles. The number of aryl methyl sites for hydroxylation is 1. The molecule has 108 valence electrons. The number of hydrogen-bond acceptors (Lipinski definition) is 4. The van der Waals surface area contributed by atoms with Gasteiger partial charge in [-0.2, -0.15) is 11.8 Å². The van der Waals surface area contributed by atoms with Crippen molar-refractivity contribution >= 4 is 37.7 Å². The van der Waals surface area contributed by atoms with Crippen LogP contribution in [0.4, 0.5) is 0 Å². The molecule has 1 rings (SSSR count). The van der Waals surface area contributed by atoms with Crippen LogP contribution in [0.25, 0.3) is 0 Å². The van der Waals surface area contributed by atoms with E-state index < -0.39 is 10.0 Å². The summed E-state index contributed by atoms with van der Waals surface area (Å²) in [7, 11) is -3.43. The molecule has 0 saturated heterocycles. The lowest BCUT2D eigenvalue weighted by molar-refractivity contribution is 0.296. The first kappa shape index (κ1) is 17.0. The monoisotopic (exact) mass is 367 g/mol. The van der Waals surface area contributed by atoms with Crippen molar-refractivity contribution in [1.29, 1.82) is 0 Å². The molecular formula is C12H18BrNO3S2. The number of halogens is 1. The van der Waals surface area contributed by atoms with Gasteiger partial charge in [0, 0.05) is 23.4 Å². The lowest BCUT2D eigenvalue weighted by Gasteiger charge is -2.08. The fraction of sp³-hybridized carbons (Fsp3) is 0.500. The third-order valence-electron chi connectivity index (χ3n) is 2.42. The number of rotatable bonds is 8. The fourth-order valence-electron chi connectivity index (χ4n) is 1.38. The van der Waals surface area contributed by atoms with Crippen LogP contribution in [0.15, 0.2) is 27.6 Å². The van der Waals surface area contributed by atoms with Crippen LogP contribution in [0, 0.1) is 6.92 Å². The third-order valence-corrected chi connectivity index (χ3v) is 5.84. The van der Waals surface area contributed by atoms with Gasteiger partial charge in [0.05, 0.1) is 4.90 Å². The van der Waals surface area contributed by atoms with Gasteiger partial charge in [-0.25, -0.2) is 13.1 Å². The van der Waals surface area contributed by atoms with Gasteiger partial charge in [-0.15, -0.1) is 0 Å². The van der Waals surface area contributed by atoms with Crippen molar-refractivity contribution < 1.29 is 13.5 Å². The number of nitrogens with one attached hydrogen (secondary N) is 1. The van der Waals surface area contributed by atoms with E-state index in [9.17, 15) is 8.42 Å². The van der Waals surface area contributed by atoms with Gasteiger partial charge < -0.3 is 5.11 Å². The summed E-state index contributed by atoms with van der Waals surface area (Å²) in [6.45, 7) is 2.43. The lowest BCUT2D eigenvalue weighted by Crippen LogP contribution is -2.26. The van der Waals surface area contributed by atoms with Crippen molar-refractivity contribution in [1.82, 2.24) is 4.72 Å². The van der Waals surface area contributed by atoms with Crippen LogP contribution in [-0.2, 0) is 10.0 Å². The van der Waals surface area contributed by atoms with Crippen LogP contribution in [-0.4, -0.2) is 38.2 Å². The van der Waals surface area contributed by atoms with Crippen molar-refractivity contribution in [3.05, 3.63) is 28.2 Å². The topological polar surface area (TPSA) is 66.4 Å². The minimum absolute atomic E-state index is 0.177. The summed E-state index contributed by atoms with van der Waals surface area (Å²) >= 11 is 4.97. The summed E-state index contributed by atoms with van der Waals surface area (Å²) in [5.41, 5.74) is 0.889. The summed E-state index contributed by atoms with van der Waals surface area (Å²) in [6, 6.07) is 4.96. The Kier molecular flexibility index (Phi) is 7.38. The van der Waals surface area contributed by atoms with E-state index in [1.54, 1.807) is 30.0 Å². The maximum atomic E-state index is 12.0. The van der Waals surface area contributed by atoms with Gasteiger partial charge >= 0.3 is 0 Å². The van der Waals surface area contributed by atoms with Gasteiger partial charge in [0.15, 0.2) is 0 Å². The van der Waals surface area contributed by atoms with Crippen LogP contribution < -0.4 is 4.72 Å². The fourth-order valence-corrected chi connectivity index (χ4v) is 3.66. The van der Waals surface area contributed by atoms with Crippen LogP contribution >= 0.6 is 27.7 Å². The van der Waals surface area contributed by atoms with E-state index in [2.05, 4.69) is 20.7 Å². The summed E-state index contributed by atoms with van der Waals surface area (Å²) in [5.74, 6) is 1.55. The second-order valence-corrected chi connectivity index (χ2v) is 7.84. The number of hydrogen-bond donors (Lipinski definition) is 2. The molecule has 0 fully saturated rings. The number of aliphatic hydroxyl groups is 1. The quantitative estimate of drug-likeness (QED) is 0.690. The predicted molar refractivity (Wildman–Crippen MR) is 83.1 cm³/mol. The Bertz CT molecular complexity index is 506. The smallest absolute Gasteiger partial charge is 0.240 e. The molecule has 0 amide bonds. The Balaban J connectivity index is 2.49. The molecular weight excluding hydrogens is 350 g/mol. The average Bonchev–Trinajstić information content (AvgIpc) is 2.36. The molecule has 7 heteroatoms. The van der Waals surface area contributed by atoms with Crippen LogP contribution in [0.2, 0.25) is 0 Å². The largest absolute Gasteiger partial charge is 0.396 e. The Labute approximate surface area is 127 Å². The third kappa shape index (κ3) is 5.83. The highest BCUT2D eigenvalue weighted by Gasteiger charge is 2.13. The summed E-state index contributed by atoms with van der Waals surface area (Å²) < 4.78 is 27.5. The first-order valence-corrected chi connectivity index (χ1v) is 9.35. The van der Waals surface area contributed by atoms with Crippen molar-refractivity contribution in [2.24, 2.45) is 0 Å². The molecule has 0 radical (unpaired) electrons. The SMILES string of the molecule is Cc1cc(S(=O)(=O)NCCSCCCO)ccc1Br. The summed E-state index contributed by atoms with van der Waals surface area (Å²) in [4.78, 5) is 0.286. The zero-order chi connectivity index (χ0) is 14.3. The molecule has 0 heterocycles. The Morgan fingerprint density at radius 2 is 2.11 bits per heavy atom. The number of aliphatic hydroxyl groups excluding tert-OH is 1. The summed E-state index contributed by atoms with van der Waals surface area (Å²) in [5, 5.41) is 8.62. The maximum absolute atomic E-state index is 12.0. The highest BCUT2D eigenvalue weighted by molar-refractivity contribution is 9.10. The van der Waals surface area contributed by atoms with Crippen molar-refractivity contribution in [3.8, 4) is 0 Å². The van der Waals surface area contributed by atoms with Crippen LogP contribution in [0.3, 0.4) is 0 Å². The van der Waals surface area contributed by atoms with Crippen molar-refractivity contribution in [2.45, 2.75) is 18.2 Å². The number of benzene rings is 1. The molecule has 2 N–H and O–H groups in total. The van der Waals surface area contributed by atoms with E-state index in [1.807, 2.05) is 6.92 Å². The molecule has 0 aliphatic rings. The van der Waals surface area contributed by atoms with Gasteiger partial charge in [0.2, 0.25) is 10.0 Å². The number of thioether (sulfide) groups is 1. The molecule has 0 bridgehead atoms. The zero-order valence-electron chi connectivity index (χ0n) is 10.7. The molecule has 19 heavy (non-hydrogen) atoms. The first-order chi connectivity index (χ1) is 8.97. The van der Waals surface area contributed by atoms with Crippen molar-refractivity contribution in [2.75, 3.05) is 24.7 Å². The second-order valence-electron chi connectivity index (χ2n) is 4.00. The highest BCUT2D eigenvalue weighted by atomic mass is 79.9. The normalized spacial score (nSPS) is 11.7. The average molecular weight is 368 g/mol. The minimum atomic E-state index is -3.43. The van der Waals surface area contributed by atoms with Gasteiger partial charge in [0.1, 0.15) is 0 Å². The Hall–Kier alpha value is -0.0800. The second kappa shape index (κ2) is 8.26. The van der Waals surface area contributed by atoms with Gasteiger partial charge in [-0.05, 0) is 42.9 Å². The first-order valence-electron chi connectivity index (χ1n) is 5.92. The maximum Gasteiger partial charge on any atom is 0.240 e. The molecule has 0 aliphatic carbocycles. The molecule has 0 aliphatic heterocycles. The van der Waals surface area contributed by atoms with E-state index >= 15 is 0 Å². The molecule has 0 saturated carbocycles. The van der Waals surface area contributed by atoms with E-state index in [-0.39, 0.29) is 11.5 Å². The van der Waals surface area contributed by atoms with E-state index in [4.69, 9.17) is 5.11 Å². The highest BCUT2D eigenvalue weighted by Crippen LogP contribution is 2.19. The zero-order valence-corrected chi connectivity index (χ0v) is 13.9. The molecule has 0 unspecified atom stereocenters. The Morgan fingerprint density at radius 1 is 1.37 bits per heavy atom. The van der Waals surface area contributed by atoms with E-state index in [0.717, 1.165) is 22.2 Å². The van der Waals surface area contributed by atoms with Gasteiger partial charge in [-0.3, -0.25) is 0 Å². The lowest BCUT2D eigenvalue weighted by atomic mass is 10.2. The standard InChI is InChI=1S/C12H18BrNO3S2/c1-10-9-11(3-4-12(10)13)19(16,17)14-5-8-18-7-2-6-15/h3-4,9,14-15H,2,5-8H2,1H3. The molecule has 0 atom stereocenters. The van der Waals surface area contributed by atoms with E-state index in [1.165, 1.54) is 0 Å². The van der Waals surface area contributed by atoms with Crippen molar-refractivity contribution in [3.63, 3.8) is 0 Å². The Morgan fingerprint density at radius 3 is 2.74 bits per heavy atom. The number of sulfonamides is 1. The predicted octanol–water partition coefficient (Wildman–Crippen LogP) is 2.15. The summed E-state index contributed by atoms with van der Waals surface area (Å²) in [6.07, 6.45) is 0.739. The molecule has 4 nitrogen and oxygen atoms in total. The van der Waals surface area contributed by atoms with Crippen LogP contribution in [0.5, 0.6) is 0 Å². The van der Waals surface area contributed by atoms with Gasteiger partial charge in [0.25, 0.3) is 0 Å².